The molecule has 0 saturated heterocycles. The molecule has 2 rings (SSSR count). The van der Waals surface area contributed by atoms with Crippen LogP contribution in [0.1, 0.15) is 25.5 Å². The predicted molar refractivity (Wildman–Crippen MR) is 78.0 cm³/mol. The van der Waals surface area contributed by atoms with Gasteiger partial charge in [0.15, 0.2) is 0 Å². The van der Waals surface area contributed by atoms with Gasteiger partial charge in [-0.15, -0.1) is 0 Å². The Kier molecular flexibility index (Phi) is 4.32. The molecule has 0 spiro atoms. The summed E-state index contributed by atoms with van der Waals surface area (Å²) in [5, 5.41) is 17.8. The average Bonchev–Trinajstić information content (AvgIpc) is 2.87. The predicted octanol–water partition coefficient (Wildman–Crippen LogP) is 2.55. The lowest BCUT2D eigenvalue weighted by Crippen LogP contribution is -2.18. The maximum atomic E-state index is 12.1. The van der Waals surface area contributed by atoms with Gasteiger partial charge in [0.1, 0.15) is 5.82 Å². The third-order valence-corrected chi connectivity index (χ3v) is 2.97. The van der Waals surface area contributed by atoms with Crippen molar-refractivity contribution in [1.29, 1.82) is 0 Å². The third-order valence-electron chi connectivity index (χ3n) is 2.97. The zero-order valence-electron chi connectivity index (χ0n) is 11.8. The van der Waals surface area contributed by atoms with Crippen molar-refractivity contribution in [1.82, 2.24) is 9.78 Å². The average molecular weight is 288 g/mol. The number of nitrogens with one attached hydrogen (secondary N) is 1. The van der Waals surface area contributed by atoms with E-state index in [9.17, 15) is 14.9 Å². The van der Waals surface area contributed by atoms with E-state index in [0.717, 1.165) is 0 Å². The van der Waals surface area contributed by atoms with Crippen LogP contribution in [0, 0.1) is 10.1 Å². The molecule has 0 unspecified atom stereocenters. The Morgan fingerprint density at radius 2 is 2.10 bits per heavy atom. The van der Waals surface area contributed by atoms with Crippen molar-refractivity contribution in [3.63, 3.8) is 0 Å². The van der Waals surface area contributed by atoms with E-state index < -0.39 is 4.92 Å². The van der Waals surface area contributed by atoms with Crippen LogP contribution >= 0.6 is 0 Å². The molecule has 0 atom stereocenters. The fourth-order valence-electron chi connectivity index (χ4n) is 2.02. The van der Waals surface area contributed by atoms with Gasteiger partial charge >= 0.3 is 0 Å². The van der Waals surface area contributed by atoms with Crippen LogP contribution in [0.3, 0.4) is 0 Å². The van der Waals surface area contributed by atoms with Crippen molar-refractivity contribution in [3.8, 4) is 0 Å². The van der Waals surface area contributed by atoms with Crippen LogP contribution in [0.15, 0.2) is 36.5 Å². The Labute approximate surface area is 121 Å². The summed E-state index contributed by atoms with van der Waals surface area (Å²) in [6, 6.07) is 8.03. The summed E-state index contributed by atoms with van der Waals surface area (Å²) in [6.45, 7) is 3.90. The number of hydrogen-bond donors (Lipinski definition) is 1. The van der Waals surface area contributed by atoms with E-state index in [1.165, 1.54) is 6.07 Å². The molecule has 7 nitrogen and oxygen atoms in total. The van der Waals surface area contributed by atoms with Gasteiger partial charge in [-0.1, -0.05) is 18.2 Å². The van der Waals surface area contributed by atoms with E-state index in [2.05, 4.69) is 10.4 Å². The number of nitro groups is 1. The fraction of sp³-hybridized carbons (Fsp3) is 0.286. The van der Waals surface area contributed by atoms with Crippen molar-refractivity contribution in [3.05, 3.63) is 52.2 Å². The number of nitrogens with zero attached hydrogens (tertiary/aromatic N) is 3. The summed E-state index contributed by atoms with van der Waals surface area (Å²) >= 11 is 0. The number of carbonyl (C=O) groups is 1. The van der Waals surface area contributed by atoms with Gasteiger partial charge in [-0.05, 0) is 13.8 Å². The summed E-state index contributed by atoms with van der Waals surface area (Å²) in [5.41, 5.74) is 0.334. The van der Waals surface area contributed by atoms with Gasteiger partial charge in [-0.2, -0.15) is 5.10 Å². The fourth-order valence-corrected chi connectivity index (χ4v) is 2.02. The van der Waals surface area contributed by atoms with Crippen molar-refractivity contribution in [2.45, 2.75) is 26.3 Å². The highest BCUT2D eigenvalue weighted by Gasteiger charge is 2.16. The van der Waals surface area contributed by atoms with Gasteiger partial charge in [0.05, 0.1) is 17.5 Å². The summed E-state index contributed by atoms with van der Waals surface area (Å²) in [5.74, 6) is 0.264. The molecule has 0 aliphatic carbocycles. The molecular formula is C14H16N4O3. The molecule has 1 heterocycles. The number of hydrogen-bond acceptors (Lipinski definition) is 4. The highest BCUT2D eigenvalue weighted by atomic mass is 16.6. The molecule has 0 saturated carbocycles. The number of para-hydroxylation sites is 1. The van der Waals surface area contributed by atoms with Crippen LogP contribution in [0.4, 0.5) is 11.5 Å². The SMILES string of the molecule is CC(C)n1nccc1NC(=O)Cc1ccccc1[N+](=O)[O-]. The van der Waals surface area contributed by atoms with Crippen LogP contribution in [-0.2, 0) is 11.2 Å². The lowest BCUT2D eigenvalue weighted by atomic mass is 10.1. The summed E-state index contributed by atoms with van der Waals surface area (Å²) in [7, 11) is 0. The number of anilines is 1. The minimum atomic E-state index is -0.485. The second-order valence-corrected chi connectivity index (χ2v) is 4.87. The monoisotopic (exact) mass is 288 g/mol. The van der Waals surface area contributed by atoms with Gasteiger partial charge in [0.25, 0.3) is 5.69 Å². The molecule has 0 radical (unpaired) electrons. The summed E-state index contributed by atoms with van der Waals surface area (Å²) in [6.07, 6.45) is 1.54. The number of rotatable bonds is 5. The van der Waals surface area contributed by atoms with E-state index in [4.69, 9.17) is 0 Å². The lowest BCUT2D eigenvalue weighted by molar-refractivity contribution is -0.385. The molecule has 0 bridgehead atoms. The van der Waals surface area contributed by atoms with E-state index in [1.807, 2.05) is 13.8 Å². The maximum absolute atomic E-state index is 12.1. The summed E-state index contributed by atoms with van der Waals surface area (Å²) < 4.78 is 1.68. The molecule has 0 aliphatic heterocycles. The molecule has 21 heavy (non-hydrogen) atoms. The van der Waals surface area contributed by atoms with Crippen molar-refractivity contribution < 1.29 is 9.72 Å². The molecule has 0 aliphatic rings. The van der Waals surface area contributed by atoms with Gasteiger partial charge in [0.2, 0.25) is 5.91 Å². The van der Waals surface area contributed by atoms with Gasteiger partial charge in [-0.25, -0.2) is 4.68 Å². The van der Waals surface area contributed by atoms with E-state index >= 15 is 0 Å². The molecule has 7 heteroatoms. The number of carbonyl (C=O) groups excluding carboxylic acids is 1. The molecule has 0 fully saturated rings. The summed E-state index contributed by atoms with van der Waals surface area (Å²) in [4.78, 5) is 22.5. The van der Waals surface area contributed by atoms with Crippen molar-refractivity contribution in [2.24, 2.45) is 0 Å². The highest BCUT2D eigenvalue weighted by molar-refractivity contribution is 5.92. The molecule has 110 valence electrons. The van der Waals surface area contributed by atoms with Crippen LogP contribution < -0.4 is 5.32 Å². The van der Waals surface area contributed by atoms with Gasteiger partial charge < -0.3 is 5.32 Å². The number of amides is 1. The zero-order chi connectivity index (χ0) is 15.4. The smallest absolute Gasteiger partial charge is 0.273 e. The molecule has 1 aromatic heterocycles. The number of benzene rings is 1. The van der Waals surface area contributed by atoms with E-state index in [0.29, 0.717) is 11.4 Å². The first kappa shape index (κ1) is 14.7. The Morgan fingerprint density at radius 3 is 2.76 bits per heavy atom. The maximum Gasteiger partial charge on any atom is 0.273 e. The lowest BCUT2D eigenvalue weighted by Gasteiger charge is -2.11. The van der Waals surface area contributed by atoms with E-state index in [-0.39, 0.29) is 24.1 Å². The van der Waals surface area contributed by atoms with Gasteiger partial charge in [-0.3, -0.25) is 14.9 Å². The first-order chi connectivity index (χ1) is 9.99. The standard InChI is InChI=1S/C14H16N4O3/c1-10(2)17-13(7-8-15-17)16-14(19)9-11-5-3-4-6-12(11)18(20)21/h3-8,10H,9H2,1-2H3,(H,16,19). The minimum absolute atomic E-state index is 0.0509. The Hall–Kier alpha value is -2.70. The zero-order valence-corrected chi connectivity index (χ0v) is 11.8. The largest absolute Gasteiger partial charge is 0.311 e. The van der Waals surface area contributed by atoms with Crippen LogP contribution in [-0.4, -0.2) is 20.6 Å². The van der Waals surface area contributed by atoms with Crippen LogP contribution in [0.5, 0.6) is 0 Å². The van der Waals surface area contributed by atoms with Crippen LogP contribution in [0.2, 0.25) is 0 Å². The Morgan fingerprint density at radius 1 is 1.38 bits per heavy atom. The molecule has 1 N–H and O–H groups in total. The Bertz CT molecular complexity index is 664. The van der Waals surface area contributed by atoms with Crippen molar-refractivity contribution in [2.75, 3.05) is 5.32 Å². The first-order valence-electron chi connectivity index (χ1n) is 6.54. The number of nitro benzene ring substituents is 1. The number of aromatic nitrogens is 2. The first-order valence-corrected chi connectivity index (χ1v) is 6.54. The minimum Gasteiger partial charge on any atom is -0.311 e. The molecule has 1 amide bonds. The van der Waals surface area contributed by atoms with Crippen molar-refractivity contribution >= 4 is 17.4 Å². The molecule has 2 aromatic rings. The normalized spacial score (nSPS) is 10.6. The third kappa shape index (κ3) is 3.44. The Balaban J connectivity index is 2.12. The second-order valence-electron chi connectivity index (χ2n) is 4.87. The molecule has 1 aromatic carbocycles. The quantitative estimate of drug-likeness (QED) is 0.676. The van der Waals surface area contributed by atoms with Gasteiger partial charge in [0, 0.05) is 23.7 Å². The van der Waals surface area contributed by atoms with E-state index in [1.54, 1.807) is 35.1 Å². The van der Waals surface area contributed by atoms with Crippen LogP contribution in [0.25, 0.3) is 0 Å². The highest BCUT2D eigenvalue weighted by Crippen LogP contribution is 2.19. The second kappa shape index (κ2) is 6.17. The topological polar surface area (TPSA) is 90.1 Å². The molecular weight excluding hydrogens is 272 g/mol.